The van der Waals surface area contributed by atoms with Gasteiger partial charge in [0.2, 0.25) is 11.0 Å². The normalized spacial score (nSPS) is 16.1. The minimum atomic E-state index is -0.0526. The fourth-order valence-electron chi connectivity index (χ4n) is 2.86. The highest BCUT2D eigenvalue weighted by Crippen LogP contribution is 2.29. The van der Waals surface area contributed by atoms with E-state index in [4.69, 9.17) is 11.6 Å². The summed E-state index contributed by atoms with van der Waals surface area (Å²) >= 11 is 7.52. The molecule has 0 radical (unpaired) electrons. The van der Waals surface area contributed by atoms with Crippen LogP contribution in [0.1, 0.15) is 38.6 Å². The van der Waals surface area contributed by atoms with E-state index in [9.17, 15) is 4.79 Å². The van der Waals surface area contributed by atoms with Crippen molar-refractivity contribution in [2.45, 2.75) is 39.0 Å². The summed E-state index contributed by atoms with van der Waals surface area (Å²) in [6, 6.07) is 7.86. The van der Waals surface area contributed by atoms with Crippen LogP contribution < -0.4 is 10.2 Å². The number of aromatic nitrogens is 2. The highest BCUT2D eigenvalue weighted by molar-refractivity contribution is 7.15. The maximum absolute atomic E-state index is 12.5. The third-order valence-electron chi connectivity index (χ3n) is 4.34. The molecule has 1 fully saturated rings. The van der Waals surface area contributed by atoms with E-state index in [0.29, 0.717) is 5.13 Å². The summed E-state index contributed by atoms with van der Waals surface area (Å²) in [7, 11) is 0. The van der Waals surface area contributed by atoms with Gasteiger partial charge in [-0.3, -0.25) is 4.79 Å². The molecule has 1 N–H and O–H groups in total. The molecule has 1 amide bonds. The third kappa shape index (κ3) is 4.50. The number of rotatable bonds is 3. The molecule has 3 rings (SSSR count). The molecule has 2 heterocycles. The van der Waals surface area contributed by atoms with Crippen LogP contribution in [0.5, 0.6) is 0 Å². The summed E-state index contributed by atoms with van der Waals surface area (Å²) in [5, 5.41) is 13.5. The van der Waals surface area contributed by atoms with Crippen LogP contribution in [0.4, 0.5) is 10.8 Å². The number of amides is 1. The van der Waals surface area contributed by atoms with Gasteiger partial charge in [0, 0.05) is 35.1 Å². The molecular formula is C18H23ClN4OS. The number of carbonyl (C=O) groups excluding carboxylic acids is 1. The second-order valence-corrected chi connectivity index (χ2v) is 8.81. The molecule has 0 aliphatic carbocycles. The van der Waals surface area contributed by atoms with Gasteiger partial charge in [-0.25, -0.2) is 0 Å². The van der Waals surface area contributed by atoms with E-state index in [-0.39, 0.29) is 17.2 Å². The first-order valence-electron chi connectivity index (χ1n) is 8.48. The van der Waals surface area contributed by atoms with Crippen LogP contribution in [0.15, 0.2) is 24.3 Å². The van der Waals surface area contributed by atoms with Gasteiger partial charge in [0.15, 0.2) is 0 Å². The van der Waals surface area contributed by atoms with Crippen LogP contribution >= 0.6 is 22.9 Å². The Morgan fingerprint density at radius 2 is 2.00 bits per heavy atom. The standard InChI is InChI=1S/C18H23ClN4OS/c1-18(2,3)16-21-22-17(25-16)20-15(24)12-7-9-23(10-8-12)14-6-4-5-13(19)11-14/h4-6,11-12H,7-10H2,1-3H3,(H,20,22,24). The molecule has 25 heavy (non-hydrogen) atoms. The Kier molecular flexibility index (Phi) is 5.29. The summed E-state index contributed by atoms with van der Waals surface area (Å²) in [5.41, 5.74) is 1.06. The number of nitrogens with one attached hydrogen (secondary N) is 1. The monoisotopic (exact) mass is 378 g/mol. The summed E-state index contributed by atoms with van der Waals surface area (Å²) in [6.07, 6.45) is 1.65. The van der Waals surface area contributed by atoms with E-state index < -0.39 is 0 Å². The molecule has 1 aliphatic rings. The van der Waals surface area contributed by atoms with Gasteiger partial charge in [-0.05, 0) is 31.0 Å². The van der Waals surface area contributed by atoms with E-state index in [1.165, 1.54) is 11.3 Å². The van der Waals surface area contributed by atoms with Crippen LogP contribution in [-0.2, 0) is 10.2 Å². The second-order valence-electron chi connectivity index (χ2n) is 7.39. The molecule has 1 aromatic carbocycles. The zero-order chi connectivity index (χ0) is 18.0. The van der Waals surface area contributed by atoms with E-state index in [2.05, 4.69) is 47.3 Å². The number of hydrogen-bond donors (Lipinski definition) is 1. The number of carbonyl (C=O) groups is 1. The lowest BCUT2D eigenvalue weighted by Crippen LogP contribution is -2.38. The van der Waals surface area contributed by atoms with Gasteiger partial charge in [0.1, 0.15) is 5.01 Å². The van der Waals surface area contributed by atoms with E-state index in [1.807, 2.05) is 18.2 Å². The molecule has 7 heteroatoms. The number of hydrogen-bond acceptors (Lipinski definition) is 5. The zero-order valence-electron chi connectivity index (χ0n) is 14.8. The van der Waals surface area contributed by atoms with E-state index in [1.54, 1.807) is 0 Å². The Morgan fingerprint density at radius 3 is 2.60 bits per heavy atom. The first kappa shape index (κ1) is 18.1. The van der Waals surface area contributed by atoms with Crippen molar-refractivity contribution in [1.82, 2.24) is 10.2 Å². The van der Waals surface area contributed by atoms with Crippen LogP contribution in [0.25, 0.3) is 0 Å². The Morgan fingerprint density at radius 1 is 1.28 bits per heavy atom. The minimum absolute atomic E-state index is 0.0115. The molecule has 0 atom stereocenters. The highest BCUT2D eigenvalue weighted by Gasteiger charge is 2.27. The molecule has 0 bridgehead atoms. The first-order valence-corrected chi connectivity index (χ1v) is 9.68. The molecule has 0 unspecified atom stereocenters. The summed E-state index contributed by atoms with van der Waals surface area (Å²) < 4.78 is 0. The number of nitrogens with zero attached hydrogens (tertiary/aromatic N) is 3. The number of anilines is 2. The van der Waals surface area contributed by atoms with Crippen LogP contribution in [0, 0.1) is 5.92 Å². The van der Waals surface area contributed by atoms with Crippen molar-refractivity contribution in [2.24, 2.45) is 5.92 Å². The van der Waals surface area contributed by atoms with Gasteiger partial charge in [-0.2, -0.15) is 0 Å². The fraction of sp³-hybridized carbons (Fsp3) is 0.500. The van der Waals surface area contributed by atoms with Crippen molar-refractivity contribution in [3.63, 3.8) is 0 Å². The predicted molar refractivity (Wildman–Crippen MR) is 104 cm³/mol. The first-order chi connectivity index (χ1) is 11.8. The van der Waals surface area contributed by atoms with Gasteiger partial charge in [0.25, 0.3) is 0 Å². The van der Waals surface area contributed by atoms with Gasteiger partial charge in [-0.1, -0.05) is 49.8 Å². The maximum Gasteiger partial charge on any atom is 0.229 e. The van der Waals surface area contributed by atoms with Crippen molar-refractivity contribution in [3.05, 3.63) is 34.3 Å². The fourth-order valence-corrected chi connectivity index (χ4v) is 3.85. The Labute approximate surface area is 157 Å². The Balaban J connectivity index is 1.56. The Bertz CT molecular complexity index is 748. The van der Waals surface area contributed by atoms with Crippen LogP contribution in [0.2, 0.25) is 5.02 Å². The van der Waals surface area contributed by atoms with Gasteiger partial charge in [0.05, 0.1) is 0 Å². The zero-order valence-corrected chi connectivity index (χ0v) is 16.3. The summed E-state index contributed by atoms with van der Waals surface area (Å²) in [6.45, 7) is 7.96. The summed E-state index contributed by atoms with van der Waals surface area (Å²) in [5.74, 6) is 0.0553. The molecule has 134 valence electrons. The molecule has 0 spiro atoms. The maximum atomic E-state index is 12.5. The lowest BCUT2D eigenvalue weighted by atomic mass is 9.95. The molecule has 2 aromatic rings. The molecule has 1 aliphatic heterocycles. The third-order valence-corrected chi connectivity index (χ3v) is 5.84. The number of piperidine rings is 1. The van der Waals surface area contributed by atoms with Crippen molar-refractivity contribution >= 4 is 39.7 Å². The van der Waals surface area contributed by atoms with Crippen molar-refractivity contribution < 1.29 is 4.79 Å². The van der Waals surface area contributed by atoms with Gasteiger partial charge >= 0.3 is 0 Å². The van der Waals surface area contributed by atoms with Crippen molar-refractivity contribution in [3.8, 4) is 0 Å². The van der Waals surface area contributed by atoms with Gasteiger partial charge in [-0.15, -0.1) is 10.2 Å². The van der Waals surface area contributed by atoms with Crippen LogP contribution in [0.3, 0.4) is 0 Å². The average Bonchev–Trinajstić information content (AvgIpc) is 3.04. The predicted octanol–water partition coefficient (Wildman–Crippen LogP) is 4.34. The molecule has 1 aromatic heterocycles. The van der Waals surface area contributed by atoms with Crippen LogP contribution in [-0.4, -0.2) is 29.2 Å². The molecule has 1 saturated heterocycles. The van der Waals surface area contributed by atoms with E-state index >= 15 is 0 Å². The molecular weight excluding hydrogens is 356 g/mol. The minimum Gasteiger partial charge on any atom is -0.371 e. The largest absolute Gasteiger partial charge is 0.371 e. The lowest BCUT2D eigenvalue weighted by Gasteiger charge is -2.32. The average molecular weight is 379 g/mol. The smallest absolute Gasteiger partial charge is 0.229 e. The SMILES string of the molecule is CC(C)(C)c1nnc(NC(=O)C2CCN(c3cccc(Cl)c3)CC2)s1. The Hall–Kier alpha value is -1.66. The molecule has 5 nitrogen and oxygen atoms in total. The van der Waals surface area contributed by atoms with Crippen molar-refractivity contribution in [1.29, 1.82) is 0 Å². The summed E-state index contributed by atoms with van der Waals surface area (Å²) in [4.78, 5) is 14.8. The number of halogens is 1. The lowest BCUT2D eigenvalue weighted by molar-refractivity contribution is -0.120. The molecule has 0 saturated carbocycles. The topological polar surface area (TPSA) is 58.1 Å². The second kappa shape index (κ2) is 7.30. The quantitative estimate of drug-likeness (QED) is 0.862. The van der Waals surface area contributed by atoms with Crippen molar-refractivity contribution in [2.75, 3.05) is 23.3 Å². The highest BCUT2D eigenvalue weighted by atomic mass is 35.5. The van der Waals surface area contributed by atoms with E-state index in [0.717, 1.165) is 41.6 Å². The van der Waals surface area contributed by atoms with Gasteiger partial charge < -0.3 is 10.2 Å². The number of benzene rings is 1.